The molecule has 0 radical (unpaired) electrons. The van der Waals surface area contributed by atoms with Crippen molar-refractivity contribution in [2.45, 2.75) is 37.3 Å². The topological polar surface area (TPSA) is 70.2 Å². The first-order valence-electron chi connectivity index (χ1n) is 8.94. The fourth-order valence-corrected chi connectivity index (χ4v) is 3.77. The average molecular weight is 375 g/mol. The number of aryl methyl sites for hydroxylation is 1. The van der Waals surface area contributed by atoms with Crippen LogP contribution in [0.1, 0.15) is 30.8 Å². The SMILES string of the molecule is CCCc1cc(=O)[nH]c(SC[C@H]2CN[C@@H](c3ccc(N(C)C)cc3)O2)n1. The Morgan fingerprint density at radius 3 is 2.77 bits per heavy atom. The van der Waals surface area contributed by atoms with Crippen molar-refractivity contribution < 1.29 is 4.74 Å². The highest BCUT2D eigenvalue weighted by molar-refractivity contribution is 7.99. The van der Waals surface area contributed by atoms with Crippen LogP contribution in [0.15, 0.2) is 40.3 Å². The monoisotopic (exact) mass is 374 g/mol. The van der Waals surface area contributed by atoms with E-state index in [1.54, 1.807) is 6.07 Å². The Morgan fingerprint density at radius 1 is 1.31 bits per heavy atom. The number of hydrogen-bond acceptors (Lipinski definition) is 6. The molecule has 0 spiro atoms. The summed E-state index contributed by atoms with van der Waals surface area (Å²) >= 11 is 1.54. The first kappa shape index (κ1) is 18.9. The Morgan fingerprint density at radius 2 is 2.08 bits per heavy atom. The highest BCUT2D eigenvalue weighted by Crippen LogP contribution is 2.26. The van der Waals surface area contributed by atoms with Gasteiger partial charge in [0.2, 0.25) is 0 Å². The van der Waals surface area contributed by atoms with Gasteiger partial charge >= 0.3 is 0 Å². The molecule has 0 amide bonds. The summed E-state index contributed by atoms with van der Waals surface area (Å²) in [5.41, 5.74) is 3.05. The van der Waals surface area contributed by atoms with E-state index in [0.29, 0.717) is 5.16 Å². The summed E-state index contributed by atoms with van der Waals surface area (Å²) in [6, 6.07) is 9.95. The number of nitrogens with one attached hydrogen (secondary N) is 2. The van der Waals surface area contributed by atoms with Crippen LogP contribution in [0, 0.1) is 0 Å². The van der Waals surface area contributed by atoms with Crippen molar-refractivity contribution in [3.63, 3.8) is 0 Å². The third-order valence-corrected chi connectivity index (χ3v) is 5.26. The summed E-state index contributed by atoms with van der Waals surface area (Å²) < 4.78 is 6.11. The Kier molecular flexibility index (Phi) is 6.34. The smallest absolute Gasteiger partial charge is 0.251 e. The van der Waals surface area contributed by atoms with Crippen molar-refractivity contribution in [1.29, 1.82) is 0 Å². The second-order valence-electron chi connectivity index (χ2n) is 6.64. The average Bonchev–Trinajstić information content (AvgIpc) is 3.09. The number of rotatable bonds is 7. The first-order chi connectivity index (χ1) is 12.5. The van der Waals surface area contributed by atoms with E-state index in [0.717, 1.165) is 36.4 Å². The zero-order valence-electron chi connectivity index (χ0n) is 15.5. The van der Waals surface area contributed by atoms with Crippen LogP contribution in [0.2, 0.25) is 0 Å². The first-order valence-corrected chi connectivity index (χ1v) is 9.93. The van der Waals surface area contributed by atoms with E-state index < -0.39 is 0 Å². The van der Waals surface area contributed by atoms with Gasteiger partial charge in [-0.1, -0.05) is 37.2 Å². The van der Waals surface area contributed by atoms with Crippen LogP contribution >= 0.6 is 11.8 Å². The third kappa shape index (κ3) is 4.87. The molecular formula is C19H26N4O2S. The molecule has 0 bridgehead atoms. The predicted octanol–water partition coefficient (Wildman–Crippen LogP) is 2.57. The minimum atomic E-state index is -0.0877. The molecule has 1 aliphatic rings. The van der Waals surface area contributed by atoms with Crippen LogP contribution in [0.3, 0.4) is 0 Å². The molecule has 26 heavy (non-hydrogen) atoms. The van der Waals surface area contributed by atoms with Gasteiger partial charge in [0, 0.05) is 43.8 Å². The lowest BCUT2D eigenvalue weighted by atomic mass is 10.2. The molecule has 140 valence electrons. The molecule has 0 saturated carbocycles. The maximum atomic E-state index is 11.7. The molecule has 3 rings (SSSR count). The molecule has 1 aromatic heterocycles. The number of hydrogen-bond donors (Lipinski definition) is 2. The molecule has 2 atom stereocenters. The van der Waals surface area contributed by atoms with Crippen LogP contribution in [-0.2, 0) is 11.2 Å². The van der Waals surface area contributed by atoms with Gasteiger partial charge in [-0.25, -0.2) is 4.98 Å². The molecule has 1 saturated heterocycles. The van der Waals surface area contributed by atoms with Gasteiger partial charge in [-0.3, -0.25) is 10.1 Å². The molecular weight excluding hydrogens is 348 g/mol. The molecule has 0 unspecified atom stereocenters. The summed E-state index contributed by atoms with van der Waals surface area (Å²) in [6.07, 6.45) is 1.79. The second kappa shape index (κ2) is 8.70. The number of H-pyrrole nitrogens is 1. The molecule has 2 aromatic rings. The lowest BCUT2D eigenvalue weighted by molar-refractivity contribution is 0.0534. The Bertz CT molecular complexity index is 776. The fourth-order valence-electron chi connectivity index (χ4n) is 2.88. The van der Waals surface area contributed by atoms with E-state index in [4.69, 9.17) is 4.74 Å². The molecule has 6 nitrogen and oxygen atoms in total. The number of anilines is 1. The van der Waals surface area contributed by atoms with Crippen molar-refractivity contribution in [3.05, 3.63) is 51.9 Å². The second-order valence-corrected chi connectivity index (χ2v) is 7.64. The molecule has 1 aliphatic heterocycles. The third-order valence-electron chi connectivity index (χ3n) is 4.26. The fraction of sp³-hybridized carbons (Fsp3) is 0.474. The van der Waals surface area contributed by atoms with Crippen LogP contribution in [-0.4, -0.2) is 42.5 Å². The van der Waals surface area contributed by atoms with Crippen molar-refractivity contribution in [1.82, 2.24) is 15.3 Å². The van der Waals surface area contributed by atoms with Crippen molar-refractivity contribution in [2.24, 2.45) is 0 Å². The molecule has 7 heteroatoms. The van der Waals surface area contributed by atoms with E-state index >= 15 is 0 Å². The number of nitrogens with zero attached hydrogens (tertiary/aromatic N) is 2. The minimum Gasteiger partial charge on any atom is -0.378 e. The number of ether oxygens (including phenoxy) is 1. The number of thioether (sulfide) groups is 1. The van der Waals surface area contributed by atoms with Gasteiger partial charge in [-0.2, -0.15) is 0 Å². The quantitative estimate of drug-likeness (QED) is 0.573. The summed E-state index contributed by atoms with van der Waals surface area (Å²) in [5, 5.41) is 4.08. The maximum Gasteiger partial charge on any atom is 0.251 e. The highest BCUT2D eigenvalue weighted by atomic mass is 32.2. The summed E-state index contributed by atoms with van der Waals surface area (Å²) in [4.78, 5) is 21.1. The Hall–Kier alpha value is -1.83. The number of benzene rings is 1. The highest BCUT2D eigenvalue weighted by Gasteiger charge is 2.26. The van der Waals surface area contributed by atoms with Crippen LogP contribution < -0.4 is 15.8 Å². The molecule has 0 aliphatic carbocycles. The van der Waals surface area contributed by atoms with Crippen molar-refractivity contribution in [3.8, 4) is 0 Å². The lowest BCUT2D eigenvalue weighted by Crippen LogP contribution is -2.17. The normalized spacial score (nSPS) is 19.7. The van der Waals surface area contributed by atoms with Crippen molar-refractivity contribution >= 4 is 17.4 Å². The Labute approximate surface area is 158 Å². The lowest BCUT2D eigenvalue weighted by Gasteiger charge is -2.16. The largest absolute Gasteiger partial charge is 0.378 e. The van der Waals surface area contributed by atoms with Gasteiger partial charge < -0.3 is 14.6 Å². The van der Waals surface area contributed by atoms with E-state index in [-0.39, 0.29) is 17.9 Å². The standard InChI is InChI=1S/C19H26N4O2S/c1-4-5-14-10-17(24)22-19(21-14)26-12-16-11-20-18(25-16)13-6-8-15(9-7-13)23(2)3/h6-10,16,18,20H,4-5,11-12H2,1-3H3,(H,21,22,24)/t16-,18-/m1/s1. The van der Waals surface area contributed by atoms with Gasteiger partial charge in [-0.05, 0) is 24.1 Å². The molecule has 2 heterocycles. The minimum absolute atomic E-state index is 0.0821. The summed E-state index contributed by atoms with van der Waals surface area (Å²) in [7, 11) is 4.06. The van der Waals surface area contributed by atoms with E-state index in [9.17, 15) is 4.79 Å². The van der Waals surface area contributed by atoms with Gasteiger partial charge in [0.15, 0.2) is 5.16 Å². The van der Waals surface area contributed by atoms with Crippen LogP contribution in [0.5, 0.6) is 0 Å². The van der Waals surface area contributed by atoms with E-state index in [1.807, 2.05) is 14.1 Å². The van der Waals surface area contributed by atoms with Crippen molar-refractivity contribution in [2.75, 3.05) is 31.3 Å². The van der Waals surface area contributed by atoms with Gasteiger partial charge in [0.25, 0.3) is 5.56 Å². The molecule has 1 aromatic carbocycles. The van der Waals surface area contributed by atoms with Gasteiger partial charge in [0.05, 0.1) is 6.10 Å². The summed E-state index contributed by atoms with van der Waals surface area (Å²) in [5.74, 6) is 0.748. The predicted molar refractivity (Wildman–Crippen MR) is 106 cm³/mol. The van der Waals surface area contributed by atoms with Crippen LogP contribution in [0.25, 0.3) is 0 Å². The maximum absolute atomic E-state index is 11.7. The van der Waals surface area contributed by atoms with Crippen LogP contribution in [0.4, 0.5) is 5.69 Å². The summed E-state index contributed by atoms with van der Waals surface area (Å²) in [6.45, 7) is 2.87. The molecule has 2 N–H and O–H groups in total. The number of aromatic nitrogens is 2. The van der Waals surface area contributed by atoms with Gasteiger partial charge in [-0.15, -0.1) is 0 Å². The zero-order valence-corrected chi connectivity index (χ0v) is 16.3. The van der Waals surface area contributed by atoms with E-state index in [2.05, 4.69) is 51.4 Å². The molecule has 1 fully saturated rings. The Balaban J connectivity index is 1.55. The number of aromatic amines is 1. The zero-order chi connectivity index (χ0) is 18.5. The van der Waals surface area contributed by atoms with E-state index in [1.165, 1.54) is 17.4 Å². The van der Waals surface area contributed by atoms with Gasteiger partial charge in [0.1, 0.15) is 6.23 Å².